The van der Waals surface area contributed by atoms with Gasteiger partial charge in [-0.25, -0.2) is 0 Å². The Bertz CT molecular complexity index is 780. The van der Waals surface area contributed by atoms with Crippen LogP contribution in [0.1, 0.15) is 36.4 Å². The van der Waals surface area contributed by atoms with Gasteiger partial charge in [-0.3, -0.25) is 9.59 Å². The van der Waals surface area contributed by atoms with Crippen molar-refractivity contribution in [1.29, 1.82) is 0 Å². The Morgan fingerprint density at radius 2 is 1.72 bits per heavy atom. The number of rotatable bonds is 10. The van der Waals surface area contributed by atoms with Crippen molar-refractivity contribution in [2.45, 2.75) is 37.8 Å². The highest BCUT2D eigenvalue weighted by molar-refractivity contribution is 5.85. The molecular formula is C22H28ClN3O3. The fourth-order valence-electron chi connectivity index (χ4n) is 2.83. The van der Waals surface area contributed by atoms with Crippen LogP contribution in [0.5, 0.6) is 5.75 Å². The summed E-state index contributed by atoms with van der Waals surface area (Å²) in [6.07, 6.45) is 3.11. The molecule has 1 atom stereocenters. The standard InChI is InChI=1S/C22H27N3O3.ClH/c23-20(17-4-2-1-3-5-17)14-21(26)24-13-12-16-6-10-19(11-7-16)28-15-22(27)25-18-8-9-18;/h1-7,10-11,18,20H,8-9,12-15,23H2,(H,24,26)(H,25,27);1H. The van der Waals surface area contributed by atoms with Crippen molar-refractivity contribution in [3.8, 4) is 5.75 Å². The molecule has 3 rings (SSSR count). The Kier molecular flexibility index (Phi) is 8.96. The molecule has 4 N–H and O–H groups in total. The minimum atomic E-state index is -0.297. The number of nitrogens with one attached hydrogen (secondary N) is 2. The van der Waals surface area contributed by atoms with Crippen LogP contribution < -0.4 is 21.1 Å². The molecule has 29 heavy (non-hydrogen) atoms. The highest BCUT2D eigenvalue weighted by Gasteiger charge is 2.23. The normalized spacial score (nSPS) is 13.7. The number of ether oxygens (including phenoxy) is 1. The van der Waals surface area contributed by atoms with E-state index in [-0.39, 0.29) is 43.3 Å². The Balaban J connectivity index is 0.00000300. The number of carbonyl (C=O) groups is 2. The monoisotopic (exact) mass is 417 g/mol. The molecule has 7 heteroatoms. The van der Waals surface area contributed by atoms with Gasteiger partial charge in [0.05, 0.1) is 0 Å². The molecule has 0 spiro atoms. The maximum atomic E-state index is 12.1. The number of amides is 2. The zero-order valence-corrected chi connectivity index (χ0v) is 17.1. The number of halogens is 1. The van der Waals surface area contributed by atoms with Gasteiger partial charge in [-0.05, 0) is 42.5 Å². The van der Waals surface area contributed by atoms with Gasteiger partial charge < -0.3 is 21.1 Å². The van der Waals surface area contributed by atoms with Gasteiger partial charge in [0.15, 0.2) is 6.61 Å². The average molecular weight is 418 g/mol. The molecule has 0 aromatic heterocycles. The first-order chi connectivity index (χ1) is 13.6. The lowest BCUT2D eigenvalue weighted by molar-refractivity contribution is -0.123. The number of benzene rings is 2. The highest BCUT2D eigenvalue weighted by atomic mass is 35.5. The van der Waals surface area contributed by atoms with Gasteiger partial charge in [-0.1, -0.05) is 42.5 Å². The molecule has 0 heterocycles. The Labute approximate surface area is 177 Å². The molecule has 1 aliphatic rings. The van der Waals surface area contributed by atoms with Crippen molar-refractivity contribution >= 4 is 24.2 Å². The molecule has 0 aliphatic heterocycles. The second-order valence-corrected chi connectivity index (χ2v) is 7.10. The molecule has 1 fully saturated rings. The molecule has 2 amide bonds. The Morgan fingerprint density at radius 1 is 1.03 bits per heavy atom. The van der Waals surface area contributed by atoms with E-state index < -0.39 is 0 Å². The van der Waals surface area contributed by atoms with E-state index in [1.165, 1.54) is 0 Å². The first-order valence-corrected chi connectivity index (χ1v) is 9.68. The fraction of sp³-hybridized carbons (Fsp3) is 0.364. The summed E-state index contributed by atoms with van der Waals surface area (Å²) < 4.78 is 5.48. The summed E-state index contributed by atoms with van der Waals surface area (Å²) in [7, 11) is 0. The molecule has 6 nitrogen and oxygen atoms in total. The molecule has 2 aromatic rings. The minimum absolute atomic E-state index is 0. The lowest BCUT2D eigenvalue weighted by Crippen LogP contribution is -2.30. The summed E-state index contributed by atoms with van der Waals surface area (Å²) >= 11 is 0. The van der Waals surface area contributed by atoms with E-state index in [0.717, 1.165) is 30.4 Å². The molecule has 0 radical (unpaired) electrons. The third kappa shape index (κ3) is 8.13. The molecular weight excluding hydrogens is 390 g/mol. The summed E-state index contributed by atoms with van der Waals surface area (Å²) in [6, 6.07) is 17.2. The van der Waals surface area contributed by atoms with Crippen LogP contribution >= 0.6 is 12.4 Å². The number of hydrogen-bond donors (Lipinski definition) is 3. The summed E-state index contributed by atoms with van der Waals surface area (Å²) in [5.74, 6) is 0.522. The second kappa shape index (κ2) is 11.4. The molecule has 0 bridgehead atoms. The molecule has 2 aromatic carbocycles. The Morgan fingerprint density at radius 3 is 2.38 bits per heavy atom. The largest absolute Gasteiger partial charge is 0.484 e. The van der Waals surface area contributed by atoms with E-state index in [1.54, 1.807) is 0 Å². The van der Waals surface area contributed by atoms with Crippen LogP contribution in [0, 0.1) is 0 Å². The molecule has 1 saturated carbocycles. The predicted octanol–water partition coefficient (Wildman–Crippen LogP) is 2.51. The summed E-state index contributed by atoms with van der Waals surface area (Å²) in [5, 5.41) is 5.79. The third-order valence-corrected chi connectivity index (χ3v) is 4.60. The van der Waals surface area contributed by atoms with Gasteiger partial charge >= 0.3 is 0 Å². The van der Waals surface area contributed by atoms with Crippen molar-refractivity contribution in [1.82, 2.24) is 10.6 Å². The van der Waals surface area contributed by atoms with E-state index in [1.807, 2.05) is 54.6 Å². The minimum Gasteiger partial charge on any atom is -0.484 e. The zero-order chi connectivity index (χ0) is 19.8. The molecule has 156 valence electrons. The van der Waals surface area contributed by atoms with E-state index in [0.29, 0.717) is 18.3 Å². The van der Waals surface area contributed by atoms with Crippen molar-refractivity contribution in [3.63, 3.8) is 0 Å². The van der Waals surface area contributed by atoms with Crippen LogP contribution in [0.3, 0.4) is 0 Å². The fourth-order valence-corrected chi connectivity index (χ4v) is 2.83. The highest BCUT2D eigenvalue weighted by Crippen LogP contribution is 2.18. The van der Waals surface area contributed by atoms with Crippen LogP contribution in [-0.4, -0.2) is 31.0 Å². The number of carbonyl (C=O) groups excluding carboxylic acids is 2. The second-order valence-electron chi connectivity index (χ2n) is 7.10. The molecule has 0 saturated heterocycles. The van der Waals surface area contributed by atoms with E-state index in [9.17, 15) is 9.59 Å². The average Bonchev–Trinajstić information content (AvgIpc) is 3.52. The van der Waals surface area contributed by atoms with Gasteiger partial charge in [0.1, 0.15) is 5.75 Å². The van der Waals surface area contributed by atoms with Crippen molar-refractivity contribution in [2.75, 3.05) is 13.2 Å². The van der Waals surface area contributed by atoms with Crippen LogP contribution in [0.2, 0.25) is 0 Å². The lowest BCUT2D eigenvalue weighted by Gasteiger charge is -2.12. The lowest BCUT2D eigenvalue weighted by atomic mass is 10.0. The molecule has 1 aliphatic carbocycles. The van der Waals surface area contributed by atoms with Gasteiger partial charge in [-0.2, -0.15) is 0 Å². The van der Waals surface area contributed by atoms with Crippen LogP contribution in [0.25, 0.3) is 0 Å². The van der Waals surface area contributed by atoms with Crippen molar-refractivity contribution in [2.24, 2.45) is 5.73 Å². The smallest absolute Gasteiger partial charge is 0.258 e. The summed E-state index contributed by atoms with van der Waals surface area (Å²) in [5.41, 5.74) is 8.11. The number of hydrogen-bond acceptors (Lipinski definition) is 4. The third-order valence-electron chi connectivity index (χ3n) is 4.60. The maximum Gasteiger partial charge on any atom is 0.258 e. The zero-order valence-electron chi connectivity index (χ0n) is 16.3. The van der Waals surface area contributed by atoms with E-state index >= 15 is 0 Å². The van der Waals surface area contributed by atoms with Crippen molar-refractivity contribution < 1.29 is 14.3 Å². The summed E-state index contributed by atoms with van der Waals surface area (Å²) in [6.45, 7) is 0.581. The SMILES string of the molecule is Cl.NC(CC(=O)NCCc1ccc(OCC(=O)NC2CC2)cc1)c1ccccc1. The van der Waals surface area contributed by atoms with Crippen LogP contribution in [0.15, 0.2) is 54.6 Å². The van der Waals surface area contributed by atoms with Crippen LogP contribution in [-0.2, 0) is 16.0 Å². The first kappa shape index (κ1) is 22.7. The van der Waals surface area contributed by atoms with E-state index in [2.05, 4.69) is 10.6 Å². The van der Waals surface area contributed by atoms with Gasteiger partial charge in [0, 0.05) is 25.0 Å². The molecule has 1 unspecified atom stereocenters. The van der Waals surface area contributed by atoms with Crippen LogP contribution in [0.4, 0.5) is 0 Å². The van der Waals surface area contributed by atoms with Gasteiger partial charge in [0.25, 0.3) is 5.91 Å². The van der Waals surface area contributed by atoms with Crippen molar-refractivity contribution in [3.05, 3.63) is 65.7 Å². The summed E-state index contributed by atoms with van der Waals surface area (Å²) in [4.78, 5) is 23.7. The first-order valence-electron chi connectivity index (χ1n) is 9.68. The van der Waals surface area contributed by atoms with Gasteiger partial charge in [0.2, 0.25) is 5.91 Å². The van der Waals surface area contributed by atoms with Gasteiger partial charge in [-0.15, -0.1) is 12.4 Å². The topological polar surface area (TPSA) is 93.5 Å². The maximum absolute atomic E-state index is 12.1. The number of nitrogens with two attached hydrogens (primary N) is 1. The Hall–Kier alpha value is -2.57. The quantitative estimate of drug-likeness (QED) is 0.553. The van der Waals surface area contributed by atoms with E-state index in [4.69, 9.17) is 10.5 Å². The predicted molar refractivity (Wildman–Crippen MR) is 115 cm³/mol.